The fourth-order valence-corrected chi connectivity index (χ4v) is 3.86. The van der Waals surface area contributed by atoms with Crippen LogP contribution in [0.15, 0.2) is 57.8 Å². The van der Waals surface area contributed by atoms with Crippen LogP contribution in [0.25, 0.3) is 11.3 Å². The zero-order valence-corrected chi connectivity index (χ0v) is 13.1. The monoisotopic (exact) mass is 310 g/mol. The van der Waals surface area contributed by atoms with Gasteiger partial charge in [0.05, 0.1) is 12.7 Å². The summed E-state index contributed by atoms with van der Waals surface area (Å²) in [6, 6.07) is 12.9. The predicted octanol–water partition coefficient (Wildman–Crippen LogP) is 4.74. The van der Waals surface area contributed by atoms with Crippen molar-refractivity contribution >= 4 is 11.3 Å². The quantitative estimate of drug-likeness (QED) is 0.697. The first-order valence-corrected chi connectivity index (χ1v) is 8.61. The van der Waals surface area contributed by atoms with E-state index in [0.717, 1.165) is 30.3 Å². The van der Waals surface area contributed by atoms with Crippen molar-refractivity contribution in [2.24, 2.45) is 0 Å². The minimum atomic E-state index is 0.512. The van der Waals surface area contributed by atoms with Crippen LogP contribution >= 0.6 is 11.3 Å². The SMILES string of the molecule is c1ccc(-c2cnc(CN3CCC[C@H]3c3ccsc3)o2)cc1. The first-order valence-electron chi connectivity index (χ1n) is 7.66. The van der Waals surface area contributed by atoms with Crippen LogP contribution in [0, 0.1) is 0 Å². The first-order chi connectivity index (χ1) is 10.9. The van der Waals surface area contributed by atoms with Gasteiger partial charge in [0.25, 0.3) is 0 Å². The van der Waals surface area contributed by atoms with E-state index in [-0.39, 0.29) is 0 Å². The Balaban J connectivity index is 1.51. The third-order valence-corrected chi connectivity index (χ3v) is 4.94. The number of rotatable bonds is 4. The molecule has 0 spiro atoms. The number of likely N-dealkylation sites (tertiary alicyclic amines) is 1. The molecule has 1 atom stereocenters. The summed E-state index contributed by atoms with van der Waals surface area (Å²) < 4.78 is 5.95. The molecule has 0 unspecified atom stereocenters. The maximum Gasteiger partial charge on any atom is 0.209 e. The highest BCUT2D eigenvalue weighted by Gasteiger charge is 2.27. The lowest BCUT2D eigenvalue weighted by atomic mass is 10.1. The predicted molar refractivity (Wildman–Crippen MR) is 88.6 cm³/mol. The molecule has 0 amide bonds. The second-order valence-electron chi connectivity index (χ2n) is 5.67. The van der Waals surface area contributed by atoms with Crippen molar-refractivity contribution in [3.05, 3.63) is 64.8 Å². The van der Waals surface area contributed by atoms with E-state index >= 15 is 0 Å². The molecule has 1 aromatic carbocycles. The Morgan fingerprint density at radius 1 is 1.23 bits per heavy atom. The van der Waals surface area contributed by atoms with Gasteiger partial charge >= 0.3 is 0 Å². The lowest BCUT2D eigenvalue weighted by molar-refractivity contribution is 0.224. The number of aromatic nitrogens is 1. The molecule has 4 heteroatoms. The minimum absolute atomic E-state index is 0.512. The number of benzene rings is 1. The number of hydrogen-bond donors (Lipinski definition) is 0. The average Bonchev–Trinajstić information content (AvgIpc) is 3.30. The van der Waals surface area contributed by atoms with Gasteiger partial charge in [-0.2, -0.15) is 11.3 Å². The van der Waals surface area contributed by atoms with E-state index in [0.29, 0.717) is 6.04 Å². The summed E-state index contributed by atoms with van der Waals surface area (Å²) >= 11 is 1.77. The molecule has 2 aromatic heterocycles. The van der Waals surface area contributed by atoms with Crippen molar-refractivity contribution in [1.82, 2.24) is 9.88 Å². The summed E-state index contributed by atoms with van der Waals surface area (Å²) in [5.74, 6) is 1.66. The molecule has 4 rings (SSSR count). The van der Waals surface area contributed by atoms with Crippen molar-refractivity contribution in [2.75, 3.05) is 6.54 Å². The lowest BCUT2D eigenvalue weighted by Gasteiger charge is -2.22. The molecule has 0 saturated carbocycles. The Hall–Kier alpha value is -1.91. The third kappa shape index (κ3) is 2.72. The van der Waals surface area contributed by atoms with Gasteiger partial charge in [-0.15, -0.1) is 0 Å². The molecule has 1 aliphatic heterocycles. The summed E-state index contributed by atoms with van der Waals surface area (Å²) in [4.78, 5) is 6.94. The summed E-state index contributed by atoms with van der Waals surface area (Å²) in [6.45, 7) is 1.90. The molecular formula is C18H18N2OS. The number of hydrogen-bond acceptors (Lipinski definition) is 4. The van der Waals surface area contributed by atoms with Gasteiger partial charge < -0.3 is 4.42 Å². The Morgan fingerprint density at radius 3 is 2.95 bits per heavy atom. The van der Waals surface area contributed by atoms with E-state index in [4.69, 9.17) is 4.42 Å². The van der Waals surface area contributed by atoms with Gasteiger partial charge in [0.1, 0.15) is 0 Å². The van der Waals surface area contributed by atoms with Gasteiger partial charge in [-0.25, -0.2) is 4.98 Å². The Morgan fingerprint density at radius 2 is 2.14 bits per heavy atom. The molecule has 0 N–H and O–H groups in total. The fourth-order valence-electron chi connectivity index (χ4n) is 3.15. The van der Waals surface area contributed by atoms with Crippen LogP contribution in [-0.2, 0) is 6.54 Å². The van der Waals surface area contributed by atoms with Crippen LogP contribution in [0.3, 0.4) is 0 Å². The van der Waals surface area contributed by atoms with Crippen LogP contribution < -0.4 is 0 Å². The highest BCUT2D eigenvalue weighted by Crippen LogP contribution is 2.34. The number of thiophene rings is 1. The highest BCUT2D eigenvalue weighted by atomic mass is 32.1. The third-order valence-electron chi connectivity index (χ3n) is 4.24. The van der Waals surface area contributed by atoms with Crippen LogP contribution in [0.4, 0.5) is 0 Å². The fraction of sp³-hybridized carbons (Fsp3) is 0.278. The molecule has 112 valence electrons. The van der Waals surface area contributed by atoms with E-state index < -0.39 is 0 Å². The van der Waals surface area contributed by atoms with Crippen molar-refractivity contribution in [3.8, 4) is 11.3 Å². The lowest BCUT2D eigenvalue weighted by Crippen LogP contribution is -2.22. The van der Waals surface area contributed by atoms with Crippen LogP contribution in [0.2, 0.25) is 0 Å². The van der Waals surface area contributed by atoms with Gasteiger partial charge in [0, 0.05) is 11.6 Å². The molecule has 3 nitrogen and oxygen atoms in total. The minimum Gasteiger partial charge on any atom is -0.439 e. The van der Waals surface area contributed by atoms with Gasteiger partial charge in [0.15, 0.2) is 5.76 Å². The molecular weight excluding hydrogens is 292 g/mol. The van der Waals surface area contributed by atoms with Gasteiger partial charge in [-0.3, -0.25) is 4.90 Å². The Kier molecular flexibility index (Phi) is 3.79. The molecule has 1 saturated heterocycles. The summed E-state index contributed by atoms with van der Waals surface area (Å²) in [5, 5.41) is 4.42. The Labute approximate surface area is 134 Å². The molecule has 3 heterocycles. The number of nitrogens with zero attached hydrogens (tertiary/aromatic N) is 2. The van der Waals surface area contributed by atoms with Gasteiger partial charge in [-0.1, -0.05) is 30.3 Å². The molecule has 1 aliphatic rings. The van der Waals surface area contributed by atoms with Crippen LogP contribution in [0.1, 0.15) is 30.3 Å². The Bertz CT molecular complexity index is 721. The second-order valence-corrected chi connectivity index (χ2v) is 6.45. The van der Waals surface area contributed by atoms with E-state index in [1.807, 2.05) is 36.5 Å². The molecule has 0 radical (unpaired) electrons. The topological polar surface area (TPSA) is 29.3 Å². The maximum atomic E-state index is 5.95. The zero-order valence-electron chi connectivity index (χ0n) is 12.3. The van der Waals surface area contributed by atoms with E-state index in [9.17, 15) is 0 Å². The molecule has 3 aromatic rings. The average molecular weight is 310 g/mol. The van der Waals surface area contributed by atoms with Crippen molar-refractivity contribution < 1.29 is 4.42 Å². The van der Waals surface area contributed by atoms with E-state index in [1.165, 1.54) is 18.4 Å². The smallest absolute Gasteiger partial charge is 0.209 e. The summed E-state index contributed by atoms with van der Waals surface area (Å²) in [6.07, 6.45) is 4.30. The summed E-state index contributed by atoms with van der Waals surface area (Å²) in [5.41, 5.74) is 2.51. The molecule has 22 heavy (non-hydrogen) atoms. The van der Waals surface area contributed by atoms with Crippen molar-refractivity contribution in [3.63, 3.8) is 0 Å². The van der Waals surface area contributed by atoms with E-state index in [1.54, 1.807) is 11.3 Å². The molecule has 1 fully saturated rings. The standard InChI is InChI=1S/C18H18N2OS/c1-2-5-14(6-3-1)17-11-19-18(21-17)12-20-9-4-7-16(20)15-8-10-22-13-15/h1-3,5-6,8,10-11,13,16H,4,7,9,12H2/t16-/m0/s1. The first kappa shape index (κ1) is 13.7. The van der Waals surface area contributed by atoms with Crippen LogP contribution in [-0.4, -0.2) is 16.4 Å². The van der Waals surface area contributed by atoms with Crippen molar-refractivity contribution in [2.45, 2.75) is 25.4 Å². The normalized spacial score (nSPS) is 18.8. The molecule has 0 bridgehead atoms. The van der Waals surface area contributed by atoms with E-state index in [2.05, 4.69) is 26.7 Å². The number of oxazole rings is 1. The summed E-state index contributed by atoms with van der Waals surface area (Å²) in [7, 11) is 0. The van der Waals surface area contributed by atoms with Gasteiger partial charge in [0.2, 0.25) is 5.89 Å². The second kappa shape index (κ2) is 6.07. The van der Waals surface area contributed by atoms with Crippen LogP contribution in [0.5, 0.6) is 0 Å². The van der Waals surface area contributed by atoms with Gasteiger partial charge in [-0.05, 0) is 41.8 Å². The maximum absolute atomic E-state index is 5.95. The largest absolute Gasteiger partial charge is 0.439 e. The van der Waals surface area contributed by atoms with Crippen molar-refractivity contribution in [1.29, 1.82) is 0 Å². The molecule has 0 aliphatic carbocycles. The highest BCUT2D eigenvalue weighted by molar-refractivity contribution is 7.07. The zero-order chi connectivity index (χ0) is 14.8.